The normalized spacial score (nSPS) is 18.3. The van der Waals surface area contributed by atoms with Crippen LogP contribution in [-0.2, 0) is 0 Å². The van der Waals surface area contributed by atoms with Gasteiger partial charge in [0.25, 0.3) is 0 Å². The number of piperidine rings is 1. The lowest BCUT2D eigenvalue weighted by atomic mass is 9.96. The fraction of sp³-hybridized carbons (Fsp3) is 0.552. The zero-order valence-electron chi connectivity index (χ0n) is 23.6. The van der Waals surface area contributed by atoms with E-state index in [1.807, 2.05) is 12.3 Å². The monoisotopic (exact) mass is 534 g/mol. The van der Waals surface area contributed by atoms with Crippen molar-refractivity contribution in [1.82, 2.24) is 34.4 Å². The molecule has 6 rings (SSSR count). The van der Waals surface area contributed by atoms with Crippen LogP contribution in [0.2, 0.25) is 0 Å². The van der Waals surface area contributed by atoms with E-state index in [1.54, 1.807) is 17.8 Å². The Morgan fingerprint density at radius 3 is 2.44 bits per heavy atom. The van der Waals surface area contributed by atoms with E-state index in [9.17, 15) is 0 Å². The number of pyridine rings is 2. The minimum atomic E-state index is -0.244. The van der Waals surface area contributed by atoms with Crippen LogP contribution >= 0.6 is 0 Å². The van der Waals surface area contributed by atoms with Crippen molar-refractivity contribution in [2.45, 2.75) is 58.5 Å². The Labute approximate surface area is 229 Å². The number of methoxy groups -OCH3 is 1. The quantitative estimate of drug-likeness (QED) is 0.389. The van der Waals surface area contributed by atoms with Gasteiger partial charge in [0, 0.05) is 55.4 Å². The van der Waals surface area contributed by atoms with Gasteiger partial charge >= 0.3 is 0 Å². The first kappa shape index (κ1) is 26.0. The summed E-state index contributed by atoms with van der Waals surface area (Å²) in [6, 6.07) is 3.17. The molecule has 0 aromatic carbocycles. The lowest BCUT2D eigenvalue weighted by Gasteiger charge is -2.43. The fourth-order valence-electron chi connectivity index (χ4n) is 6.44. The SMILES string of the molecule is COc1cc(-c2[nH]c3cnc(N4CCN(C5CCN(C(C)C)CC5)CC4)c(F)c3c2C(C)C)cn2ncnc12. The zero-order valence-corrected chi connectivity index (χ0v) is 23.6. The summed E-state index contributed by atoms with van der Waals surface area (Å²) in [6.07, 6.45) is 7.61. The summed E-state index contributed by atoms with van der Waals surface area (Å²) in [5, 5.41) is 4.91. The number of aromatic amines is 1. The molecule has 2 aliphatic rings. The third-order valence-corrected chi connectivity index (χ3v) is 8.59. The molecule has 1 N–H and O–H groups in total. The Kier molecular flexibility index (Phi) is 6.93. The van der Waals surface area contributed by atoms with E-state index in [0.717, 1.165) is 43.0 Å². The highest BCUT2D eigenvalue weighted by atomic mass is 19.1. The summed E-state index contributed by atoms with van der Waals surface area (Å²) >= 11 is 0. The molecule has 0 saturated carbocycles. The molecule has 2 saturated heterocycles. The van der Waals surface area contributed by atoms with Crippen molar-refractivity contribution in [3.05, 3.63) is 36.2 Å². The van der Waals surface area contributed by atoms with Crippen LogP contribution in [0.3, 0.4) is 0 Å². The van der Waals surface area contributed by atoms with Gasteiger partial charge in [-0.05, 0) is 57.3 Å². The van der Waals surface area contributed by atoms with Gasteiger partial charge in [-0.25, -0.2) is 18.9 Å². The van der Waals surface area contributed by atoms with Crippen molar-refractivity contribution in [2.75, 3.05) is 51.3 Å². The lowest BCUT2D eigenvalue weighted by Crippen LogP contribution is -2.54. The molecule has 6 heterocycles. The van der Waals surface area contributed by atoms with Crippen molar-refractivity contribution < 1.29 is 9.13 Å². The van der Waals surface area contributed by atoms with Gasteiger partial charge in [-0.1, -0.05) is 13.8 Å². The molecule has 39 heavy (non-hydrogen) atoms. The predicted octanol–water partition coefficient (Wildman–Crippen LogP) is 4.54. The molecule has 0 atom stereocenters. The predicted molar refractivity (Wildman–Crippen MR) is 152 cm³/mol. The molecular weight excluding hydrogens is 495 g/mol. The second kappa shape index (κ2) is 10.4. The number of fused-ring (bicyclic) bond motifs is 2. The summed E-state index contributed by atoms with van der Waals surface area (Å²) in [5.74, 6) is 0.912. The average molecular weight is 535 g/mol. The van der Waals surface area contributed by atoms with Crippen molar-refractivity contribution in [1.29, 1.82) is 0 Å². The molecule has 0 aliphatic carbocycles. The number of hydrogen-bond donors (Lipinski definition) is 1. The van der Waals surface area contributed by atoms with Gasteiger partial charge in [-0.3, -0.25) is 4.90 Å². The summed E-state index contributed by atoms with van der Waals surface area (Å²) in [5.41, 5.74) is 3.99. The number of ether oxygens (including phenoxy) is 1. The number of nitrogens with one attached hydrogen (secondary N) is 1. The lowest BCUT2D eigenvalue weighted by molar-refractivity contribution is 0.0881. The van der Waals surface area contributed by atoms with Crippen molar-refractivity contribution >= 4 is 22.4 Å². The fourth-order valence-corrected chi connectivity index (χ4v) is 6.44. The summed E-state index contributed by atoms with van der Waals surface area (Å²) in [4.78, 5) is 19.6. The highest BCUT2D eigenvalue weighted by molar-refractivity contribution is 5.93. The molecule has 9 nitrogen and oxygen atoms in total. The molecule has 208 valence electrons. The number of anilines is 1. The average Bonchev–Trinajstić information content (AvgIpc) is 3.58. The van der Waals surface area contributed by atoms with E-state index in [0.29, 0.717) is 40.2 Å². The molecule has 4 aromatic heterocycles. The van der Waals surface area contributed by atoms with Crippen LogP contribution in [0.5, 0.6) is 5.75 Å². The van der Waals surface area contributed by atoms with E-state index in [-0.39, 0.29) is 11.7 Å². The molecule has 0 radical (unpaired) electrons. The molecule has 10 heteroatoms. The molecule has 0 bridgehead atoms. The second-order valence-electron chi connectivity index (χ2n) is 11.5. The molecule has 2 aliphatic heterocycles. The van der Waals surface area contributed by atoms with Gasteiger partial charge < -0.3 is 19.5 Å². The van der Waals surface area contributed by atoms with Crippen LogP contribution in [0.4, 0.5) is 10.2 Å². The third kappa shape index (κ3) is 4.63. The van der Waals surface area contributed by atoms with Gasteiger partial charge in [-0.15, -0.1) is 0 Å². The standard InChI is InChI=1S/C29H39FN8O/c1-18(2)24-25-22(34-27(24)20-14-23(39-5)28-32-17-33-38(28)16-20)15-31-29(26(25)30)37-12-10-36(11-13-37)21-6-8-35(9-7-21)19(3)4/h14-19,21,34H,6-13H2,1-5H3. The summed E-state index contributed by atoms with van der Waals surface area (Å²) < 4.78 is 23.6. The van der Waals surface area contributed by atoms with Crippen molar-refractivity contribution in [2.24, 2.45) is 0 Å². The number of aromatic nitrogens is 5. The van der Waals surface area contributed by atoms with Crippen LogP contribution in [0, 0.1) is 5.82 Å². The van der Waals surface area contributed by atoms with Gasteiger partial charge in [-0.2, -0.15) is 5.10 Å². The first-order valence-electron chi connectivity index (χ1n) is 14.2. The minimum absolute atomic E-state index is 0.0875. The van der Waals surface area contributed by atoms with Crippen LogP contribution in [-0.4, -0.2) is 92.8 Å². The Morgan fingerprint density at radius 2 is 1.77 bits per heavy atom. The Balaban J connectivity index is 1.28. The highest BCUT2D eigenvalue weighted by Gasteiger charge is 2.30. The van der Waals surface area contributed by atoms with Crippen molar-refractivity contribution in [3.8, 4) is 17.0 Å². The topological polar surface area (TPSA) is 77.8 Å². The Hall–Kier alpha value is -3.24. The molecule has 0 spiro atoms. The minimum Gasteiger partial charge on any atom is -0.493 e. The molecule has 0 amide bonds. The smallest absolute Gasteiger partial charge is 0.197 e. The number of hydrogen-bond acceptors (Lipinski definition) is 7. The third-order valence-electron chi connectivity index (χ3n) is 8.59. The summed E-state index contributed by atoms with van der Waals surface area (Å²) in [7, 11) is 1.62. The van der Waals surface area contributed by atoms with Gasteiger partial charge in [0.1, 0.15) is 6.33 Å². The van der Waals surface area contributed by atoms with Crippen molar-refractivity contribution in [3.63, 3.8) is 0 Å². The number of piperazine rings is 1. The maximum absolute atomic E-state index is 16.3. The summed E-state index contributed by atoms with van der Waals surface area (Å²) in [6.45, 7) is 14.5. The van der Waals surface area contributed by atoms with E-state index >= 15 is 4.39 Å². The van der Waals surface area contributed by atoms with Gasteiger partial charge in [0.2, 0.25) is 0 Å². The van der Waals surface area contributed by atoms with E-state index in [4.69, 9.17) is 4.74 Å². The number of nitrogens with zero attached hydrogens (tertiary/aromatic N) is 7. The van der Waals surface area contributed by atoms with Crippen LogP contribution in [0.1, 0.15) is 52.0 Å². The maximum atomic E-state index is 16.3. The Bertz CT molecular complexity index is 1460. The van der Waals surface area contributed by atoms with Gasteiger partial charge in [0.15, 0.2) is 23.0 Å². The number of halogens is 1. The number of H-pyrrole nitrogens is 1. The second-order valence-corrected chi connectivity index (χ2v) is 11.5. The Morgan fingerprint density at radius 1 is 1.03 bits per heavy atom. The largest absolute Gasteiger partial charge is 0.493 e. The van der Waals surface area contributed by atoms with E-state index in [2.05, 4.69) is 62.4 Å². The highest BCUT2D eigenvalue weighted by Crippen LogP contribution is 2.40. The molecule has 0 unspecified atom stereocenters. The molecular formula is C29H39FN8O. The van der Waals surface area contributed by atoms with Gasteiger partial charge in [0.05, 0.1) is 24.5 Å². The number of likely N-dealkylation sites (tertiary alicyclic amines) is 1. The van der Waals surface area contributed by atoms with E-state index < -0.39 is 0 Å². The van der Waals surface area contributed by atoms with E-state index in [1.165, 1.54) is 32.3 Å². The number of rotatable bonds is 6. The van der Waals surface area contributed by atoms with Crippen LogP contribution < -0.4 is 9.64 Å². The first-order chi connectivity index (χ1) is 18.9. The first-order valence-corrected chi connectivity index (χ1v) is 14.2. The maximum Gasteiger partial charge on any atom is 0.197 e. The van der Waals surface area contributed by atoms with Crippen LogP contribution in [0.15, 0.2) is 24.8 Å². The van der Waals surface area contributed by atoms with Crippen LogP contribution in [0.25, 0.3) is 27.8 Å². The zero-order chi connectivity index (χ0) is 27.3. The molecule has 4 aromatic rings. The molecule has 2 fully saturated rings.